The van der Waals surface area contributed by atoms with Crippen LogP contribution in [0.1, 0.15) is 0 Å². The molecular formula is C23H17ClN2O3. The molecule has 0 radical (unpaired) electrons. The van der Waals surface area contributed by atoms with Gasteiger partial charge >= 0.3 is 6.03 Å². The minimum atomic E-state index is -0.382. The Balaban J connectivity index is 1.42. The van der Waals surface area contributed by atoms with Crippen LogP contribution in [0.2, 0.25) is 5.02 Å². The van der Waals surface area contributed by atoms with Crippen molar-refractivity contribution in [1.29, 1.82) is 0 Å². The quantitative estimate of drug-likeness (QED) is 0.357. The van der Waals surface area contributed by atoms with Gasteiger partial charge in [0.05, 0.1) is 5.69 Å². The third-order valence-corrected chi connectivity index (χ3v) is 4.53. The zero-order valence-electron chi connectivity index (χ0n) is 15.2. The van der Waals surface area contributed by atoms with E-state index in [-0.39, 0.29) is 11.8 Å². The highest BCUT2D eigenvalue weighted by atomic mass is 35.5. The van der Waals surface area contributed by atoms with Gasteiger partial charge in [0, 0.05) is 16.1 Å². The van der Waals surface area contributed by atoms with Gasteiger partial charge in [-0.2, -0.15) is 0 Å². The lowest BCUT2D eigenvalue weighted by atomic mass is 10.1. The molecule has 29 heavy (non-hydrogen) atoms. The highest BCUT2D eigenvalue weighted by molar-refractivity contribution is 6.30. The van der Waals surface area contributed by atoms with Crippen LogP contribution in [0.25, 0.3) is 10.8 Å². The molecule has 144 valence electrons. The van der Waals surface area contributed by atoms with Crippen molar-refractivity contribution in [3.8, 4) is 17.2 Å². The van der Waals surface area contributed by atoms with E-state index in [1.165, 1.54) is 0 Å². The number of ether oxygens (including phenoxy) is 1. The number of carbonyl (C=O) groups is 1. The second-order valence-electron chi connectivity index (χ2n) is 6.37. The lowest BCUT2D eigenvalue weighted by Crippen LogP contribution is -2.19. The molecule has 0 aromatic heterocycles. The second-order valence-corrected chi connectivity index (χ2v) is 6.81. The predicted molar refractivity (Wildman–Crippen MR) is 116 cm³/mol. The Morgan fingerprint density at radius 3 is 2.24 bits per heavy atom. The molecule has 0 unspecified atom stereocenters. The Labute approximate surface area is 172 Å². The van der Waals surface area contributed by atoms with E-state index in [2.05, 4.69) is 10.6 Å². The van der Waals surface area contributed by atoms with Crippen molar-refractivity contribution in [2.75, 3.05) is 10.6 Å². The number of aromatic hydroxyl groups is 1. The fourth-order valence-corrected chi connectivity index (χ4v) is 3.03. The maximum absolute atomic E-state index is 12.4. The summed E-state index contributed by atoms with van der Waals surface area (Å²) >= 11 is 5.87. The zero-order valence-corrected chi connectivity index (χ0v) is 16.0. The van der Waals surface area contributed by atoms with E-state index in [4.69, 9.17) is 16.3 Å². The first-order valence-corrected chi connectivity index (χ1v) is 9.28. The Bertz CT molecular complexity index is 1160. The predicted octanol–water partition coefficient (Wildman–Crippen LogP) is 6.64. The molecule has 0 aliphatic carbocycles. The highest BCUT2D eigenvalue weighted by Gasteiger charge is 2.07. The van der Waals surface area contributed by atoms with Gasteiger partial charge in [-0.3, -0.25) is 0 Å². The third-order valence-electron chi connectivity index (χ3n) is 4.28. The molecular weight excluding hydrogens is 388 g/mol. The number of urea groups is 1. The van der Waals surface area contributed by atoms with Crippen LogP contribution in [-0.2, 0) is 0 Å². The molecule has 0 fully saturated rings. The lowest BCUT2D eigenvalue weighted by molar-refractivity contribution is 0.262. The average molecular weight is 405 g/mol. The average Bonchev–Trinajstić information content (AvgIpc) is 2.71. The summed E-state index contributed by atoms with van der Waals surface area (Å²) in [6.45, 7) is 0. The molecule has 0 bridgehead atoms. The van der Waals surface area contributed by atoms with Gasteiger partial charge in [-0.1, -0.05) is 29.8 Å². The first kappa shape index (κ1) is 18.7. The molecule has 5 nitrogen and oxygen atoms in total. The number of hydrogen-bond donors (Lipinski definition) is 3. The van der Waals surface area contributed by atoms with E-state index in [1.807, 2.05) is 12.1 Å². The SMILES string of the molecule is O=C(Nc1ccc(Oc2ccc(Cl)cc2)cc1)Nc1cccc2ccc(O)cc12. The molecule has 6 heteroatoms. The molecule has 2 amide bonds. The number of fused-ring (bicyclic) bond motifs is 1. The van der Waals surface area contributed by atoms with Gasteiger partial charge < -0.3 is 20.5 Å². The molecule has 0 aliphatic rings. The maximum atomic E-state index is 12.4. The number of benzene rings is 4. The minimum absolute atomic E-state index is 0.142. The summed E-state index contributed by atoms with van der Waals surface area (Å²) < 4.78 is 5.74. The van der Waals surface area contributed by atoms with E-state index in [0.717, 1.165) is 10.8 Å². The molecule has 0 saturated carbocycles. The Morgan fingerprint density at radius 2 is 1.52 bits per heavy atom. The van der Waals surface area contributed by atoms with E-state index < -0.39 is 0 Å². The number of amides is 2. The van der Waals surface area contributed by atoms with Crippen molar-refractivity contribution < 1.29 is 14.6 Å². The van der Waals surface area contributed by atoms with Crippen LogP contribution in [0.15, 0.2) is 84.9 Å². The van der Waals surface area contributed by atoms with Crippen LogP contribution in [0.4, 0.5) is 16.2 Å². The van der Waals surface area contributed by atoms with E-state index in [1.54, 1.807) is 72.8 Å². The molecule has 4 aromatic carbocycles. The fraction of sp³-hybridized carbons (Fsp3) is 0. The van der Waals surface area contributed by atoms with Crippen LogP contribution in [-0.4, -0.2) is 11.1 Å². The molecule has 4 rings (SSSR count). The maximum Gasteiger partial charge on any atom is 0.323 e. The van der Waals surface area contributed by atoms with Crippen molar-refractivity contribution in [2.24, 2.45) is 0 Å². The minimum Gasteiger partial charge on any atom is -0.508 e. The van der Waals surface area contributed by atoms with Gasteiger partial charge in [0.25, 0.3) is 0 Å². The number of nitrogens with one attached hydrogen (secondary N) is 2. The van der Waals surface area contributed by atoms with Gasteiger partial charge in [0.2, 0.25) is 0 Å². The van der Waals surface area contributed by atoms with E-state index in [0.29, 0.717) is 27.9 Å². The molecule has 0 heterocycles. The summed E-state index contributed by atoms with van der Waals surface area (Å²) in [5.41, 5.74) is 1.23. The summed E-state index contributed by atoms with van der Waals surface area (Å²) in [6.07, 6.45) is 0. The number of hydrogen-bond acceptors (Lipinski definition) is 3. The Morgan fingerprint density at radius 1 is 0.828 bits per heavy atom. The van der Waals surface area contributed by atoms with Gasteiger partial charge in [-0.25, -0.2) is 4.79 Å². The Kier molecular flexibility index (Phi) is 5.22. The van der Waals surface area contributed by atoms with E-state index in [9.17, 15) is 9.90 Å². The standard InChI is InChI=1S/C23H17ClN2O3/c24-16-5-10-19(11-6-16)29-20-12-7-17(8-13-20)25-23(28)26-22-3-1-2-15-4-9-18(27)14-21(15)22/h1-14,27H,(H2,25,26,28). The summed E-state index contributed by atoms with van der Waals surface area (Å²) in [7, 11) is 0. The summed E-state index contributed by atoms with van der Waals surface area (Å²) in [4.78, 5) is 12.4. The van der Waals surface area contributed by atoms with Crippen LogP contribution >= 0.6 is 11.6 Å². The molecule has 4 aromatic rings. The fourth-order valence-electron chi connectivity index (χ4n) is 2.90. The van der Waals surface area contributed by atoms with Crippen molar-refractivity contribution in [1.82, 2.24) is 0 Å². The molecule has 0 atom stereocenters. The van der Waals surface area contributed by atoms with Gasteiger partial charge in [0.1, 0.15) is 17.2 Å². The number of anilines is 2. The molecule has 0 saturated heterocycles. The summed E-state index contributed by atoms with van der Waals surface area (Å²) in [6, 6.07) is 24.3. The summed E-state index contributed by atoms with van der Waals surface area (Å²) in [5, 5.41) is 17.6. The van der Waals surface area contributed by atoms with Gasteiger partial charge in [-0.05, 0) is 72.1 Å². The van der Waals surface area contributed by atoms with Crippen molar-refractivity contribution >= 4 is 39.8 Å². The Hall–Kier alpha value is -3.70. The molecule has 0 aliphatic heterocycles. The van der Waals surface area contributed by atoms with Gasteiger partial charge in [0.15, 0.2) is 0 Å². The van der Waals surface area contributed by atoms with Gasteiger partial charge in [-0.15, -0.1) is 0 Å². The number of carbonyl (C=O) groups excluding carboxylic acids is 1. The first-order valence-electron chi connectivity index (χ1n) is 8.90. The van der Waals surface area contributed by atoms with Crippen LogP contribution in [0.3, 0.4) is 0 Å². The van der Waals surface area contributed by atoms with Crippen molar-refractivity contribution in [2.45, 2.75) is 0 Å². The van der Waals surface area contributed by atoms with E-state index >= 15 is 0 Å². The van der Waals surface area contributed by atoms with Crippen LogP contribution in [0, 0.1) is 0 Å². The third kappa shape index (κ3) is 4.59. The second kappa shape index (κ2) is 8.12. The number of phenols is 1. The molecule has 0 spiro atoms. The first-order chi connectivity index (χ1) is 14.1. The molecule has 3 N–H and O–H groups in total. The van der Waals surface area contributed by atoms with Crippen molar-refractivity contribution in [3.05, 3.63) is 90.0 Å². The largest absolute Gasteiger partial charge is 0.508 e. The zero-order chi connectivity index (χ0) is 20.2. The van der Waals surface area contributed by atoms with Crippen molar-refractivity contribution in [3.63, 3.8) is 0 Å². The monoisotopic (exact) mass is 404 g/mol. The smallest absolute Gasteiger partial charge is 0.323 e. The van der Waals surface area contributed by atoms with Crippen LogP contribution in [0.5, 0.6) is 17.2 Å². The highest BCUT2D eigenvalue weighted by Crippen LogP contribution is 2.28. The lowest BCUT2D eigenvalue weighted by Gasteiger charge is -2.11. The number of phenolic OH excluding ortho intramolecular Hbond substituents is 1. The van der Waals surface area contributed by atoms with Crippen LogP contribution < -0.4 is 15.4 Å². The summed E-state index contributed by atoms with van der Waals surface area (Å²) in [5.74, 6) is 1.46. The topological polar surface area (TPSA) is 70.6 Å². The number of rotatable bonds is 4. The normalized spacial score (nSPS) is 10.5. The number of halogens is 1.